The number of hydrogen-bond acceptors (Lipinski definition) is 7. The molecule has 11 heteroatoms. The Hall–Kier alpha value is -4.28. The van der Waals surface area contributed by atoms with Crippen LogP contribution in [0.2, 0.25) is 0 Å². The van der Waals surface area contributed by atoms with Crippen LogP contribution >= 0.6 is 0 Å². The van der Waals surface area contributed by atoms with Gasteiger partial charge in [-0.2, -0.15) is 0 Å². The highest BCUT2D eigenvalue weighted by Crippen LogP contribution is 2.21. The SMILES string of the molecule is CCn1c(=O)[nH]c(=O)c2c(C(=O)Nc3cccc(C(=O)NCC(=O)OC)c3)cc(C(C)C)nc21. The van der Waals surface area contributed by atoms with Gasteiger partial charge in [-0.3, -0.25) is 28.7 Å². The molecule has 0 saturated heterocycles. The number of ether oxygens (including phenoxy) is 1. The summed E-state index contributed by atoms with van der Waals surface area (Å²) in [5.74, 6) is -1.80. The van der Waals surface area contributed by atoms with Gasteiger partial charge in [-0.25, -0.2) is 9.78 Å². The minimum Gasteiger partial charge on any atom is -0.468 e. The maximum absolute atomic E-state index is 13.2. The molecule has 0 unspecified atom stereocenters. The lowest BCUT2D eigenvalue weighted by molar-refractivity contribution is -0.139. The molecule has 0 aliphatic heterocycles. The second-order valence-corrected chi connectivity index (χ2v) is 7.75. The normalized spacial score (nSPS) is 10.9. The highest BCUT2D eigenvalue weighted by atomic mass is 16.5. The van der Waals surface area contributed by atoms with Gasteiger partial charge in [0.2, 0.25) is 0 Å². The molecule has 2 heterocycles. The van der Waals surface area contributed by atoms with Crippen LogP contribution in [-0.4, -0.2) is 46.0 Å². The van der Waals surface area contributed by atoms with Gasteiger partial charge in [-0.1, -0.05) is 19.9 Å². The Morgan fingerprint density at radius 1 is 1.15 bits per heavy atom. The van der Waals surface area contributed by atoms with Crippen molar-refractivity contribution in [1.29, 1.82) is 0 Å². The van der Waals surface area contributed by atoms with Gasteiger partial charge in [0.05, 0.1) is 18.1 Å². The van der Waals surface area contributed by atoms with Crippen LogP contribution in [0.1, 0.15) is 53.1 Å². The van der Waals surface area contributed by atoms with E-state index in [0.29, 0.717) is 11.4 Å². The average molecular weight is 467 g/mol. The van der Waals surface area contributed by atoms with Crippen molar-refractivity contribution in [3.8, 4) is 0 Å². The van der Waals surface area contributed by atoms with Crippen molar-refractivity contribution in [1.82, 2.24) is 19.9 Å². The molecule has 2 aromatic heterocycles. The van der Waals surface area contributed by atoms with E-state index >= 15 is 0 Å². The highest BCUT2D eigenvalue weighted by Gasteiger charge is 2.20. The lowest BCUT2D eigenvalue weighted by Gasteiger charge is -2.14. The van der Waals surface area contributed by atoms with E-state index in [1.54, 1.807) is 19.1 Å². The number of hydrogen-bond donors (Lipinski definition) is 3. The number of H-pyrrole nitrogens is 1. The molecule has 2 amide bonds. The van der Waals surface area contributed by atoms with E-state index in [-0.39, 0.29) is 41.2 Å². The molecule has 11 nitrogen and oxygen atoms in total. The number of anilines is 1. The van der Waals surface area contributed by atoms with Crippen molar-refractivity contribution < 1.29 is 19.1 Å². The van der Waals surface area contributed by atoms with Crippen molar-refractivity contribution in [2.24, 2.45) is 0 Å². The van der Waals surface area contributed by atoms with E-state index < -0.39 is 29.0 Å². The second-order valence-electron chi connectivity index (χ2n) is 7.75. The number of nitrogens with one attached hydrogen (secondary N) is 3. The second kappa shape index (κ2) is 10.1. The molecule has 3 N–H and O–H groups in total. The predicted octanol–water partition coefficient (Wildman–Crippen LogP) is 1.38. The molecule has 178 valence electrons. The van der Waals surface area contributed by atoms with Crippen LogP contribution in [0, 0.1) is 0 Å². The number of amides is 2. The number of fused-ring (bicyclic) bond motifs is 1. The summed E-state index contributed by atoms with van der Waals surface area (Å²) in [6.07, 6.45) is 0. The Morgan fingerprint density at radius 3 is 2.53 bits per heavy atom. The minimum atomic E-state index is -0.714. The number of aromatic amines is 1. The number of rotatable bonds is 7. The molecule has 0 saturated carbocycles. The number of carbonyl (C=O) groups is 3. The molecular formula is C23H25N5O6. The maximum atomic E-state index is 13.2. The topological polar surface area (TPSA) is 152 Å². The van der Waals surface area contributed by atoms with Crippen LogP contribution < -0.4 is 21.9 Å². The highest BCUT2D eigenvalue weighted by molar-refractivity contribution is 6.12. The molecule has 3 rings (SSSR count). The smallest absolute Gasteiger partial charge is 0.329 e. The van der Waals surface area contributed by atoms with Crippen molar-refractivity contribution in [3.63, 3.8) is 0 Å². The number of benzene rings is 1. The van der Waals surface area contributed by atoms with Crippen LogP contribution in [-0.2, 0) is 16.1 Å². The van der Waals surface area contributed by atoms with Crippen LogP contribution in [0.5, 0.6) is 0 Å². The van der Waals surface area contributed by atoms with Crippen molar-refractivity contribution in [2.45, 2.75) is 33.2 Å². The molecule has 3 aromatic rings. The van der Waals surface area contributed by atoms with Gasteiger partial charge < -0.3 is 15.4 Å². The van der Waals surface area contributed by atoms with Crippen LogP contribution in [0.15, 0.2) is 39.9 Å². The van der Waals surface area contributed by atoms with Crippen LogP contribution in [0.3, 0.4) is 0 Å². The van der Waals surface area contributed by atoms with E-state index in [1.165, 1.54) is 29.9 Å². The Balaban J connectivity index is 2.01. The van der Waals surface area contributed by atoms with Gasteiger partial charge in [0.1, 0.15) is 6.54 Å². The lowest BCUT2D eigenvalue weighted by atomic mass is 10.0. The summed E-state index contributed by atoms with van der Waals surface area (Å²) >= 11 is 0. The number of pyridine rings is 1. The number of methoxy groups -OCH3 is 1. The van der Waals surface area contributed by atoms with Gasteiger partial charge in [-0.05, 0) is 37.1 Å². The largest absolute Gasteiger partial charge is 0.468 e. The van der Waals surface area contributed by atoms with E-state index in [0.717, 1.165) is 0 Å². The molecule has 0 spiro atoms. The third kappa shape index (κ3) is 5.03. The predicted molar refractivity (Wildman–Crippen MR) is 125 cm³/mol. The van der Waals surface area contributed by atoms with E-state index in [9.17, 15) is 24.0 Å². The number of esters is 1. The molecule has 0 radical (unpaired) electrons. The van der Waals surface area contributed by atoms with Gasteiger partial charge in [0.15, 0.2) is 5.65 Å². The van der Waals surface area contributed by atoms with Gasteiger partial charge >= 0.3 is 11.7 Å². The molecule has 0 atom stereocenters. The summed E-state index contributed by atoms with van der Waals surface area (Å²) < 4.78 is 5.79. The molecule has 0 bridgehead atoms. The third-order valence-electron chi connectivity index (χ3n) is 5.12. The molecule has 1 aromatic carbocycles. The molecular weight excluding hydrogens is 442 g/mol. The maximum Gasteiger partial charge on any atom is 0.329 e. The standard InChI is InChI=1S/C23H25N5O6/c1-5-28-19-18(22(32)27-23(28)33)15(10-16(26-19)12(2)3)21(31)25-14-8-6-7-13(9-14)20(30)24-11-17(29)34-4/h6-10,12H,5,11H2,1-4H3,(H,24,30)(H,25,31)(H,27,32,33). The van der Waals surface area contributed by atoms with Crippen LogP contribution in [0.25, 0.3) is 11.0 Å². The summed E-state index contributed by atoms with van der Waals surface area (Å²) in [4.78, 5) is 68.4. The summed E-state index contributed by atoms with van der Waals surface area (Å²) in [5.41, 5.74) is -0.0881. The fourth-order valence-electron chi connectivity index (χ4n) is 3.32. The first kappa shape index (κ1) is 24.4. The van der Waals surface area contributed by atoms with Gasteiger partial charge in [0, 0.05) is 23.5 Å². The summed E-state index contributed by atoms with van der Waals surface area (Å²) in [6, 6.07) is 7.62. The number of nitrogens with zero attached hydrogens (tertiary/aromatic N) is 2. The minimum absolute atomic E-state index is 0.00433. The van der Waals surface area contributed by atoms with E-state index in [1.807, 2.05) is 13.8 Å². The number of aryl methyl sites for hydroxylation is 1. The molecule has 0 aliphatic carbocycles. The summed E-state index contributed by atoms with van der Waals surface area (Å²) in [7, 11) is 1.21. The fraction of sp³-hybridized carbons (Fsp3) is 0.304. The first-order valence-corrected chi connectivity index (χ1v) is 10.6. The van der Waals surface area contributed by atoms with Crippen molar-refractivity contribution in [2.75, 3.05) is 19.0 Å². The average Bonchev–Trinajstić information content (AvgIpc) is 2.81. The molecule has 0 aliphatic rings. The zero-order valence-electron chi connectivity index (χ0n) is 19.2. The fourth-order valence-corrected chi connectivity index (χ4v) is 3.32. The monoisotopic (exact) mass is 467 g/mol. The van der Waals surface area contributed by atoms with Crippen molar-refractivity contribution >= 4 is 34.5 Å². The number of aromatic nitrogens is 3. The molecule has 0 fully saturated rings. The summed E-state index contributed by atoms with van der Waals surface area (Å²) in [6.45, 7) is 5.46. The Labute approximate surface area is 194 Å². The Kier molecular flexibility index (Phi) is 7.24. The van der Waals surface area contributed by atoms with Gasteiger partial charge in [-0.15, -0.1) is 0 Å². The zero-order valence-corrected chi connectivity index (χ0v) is 19.2. The Bertz CT molecular complexity index is 1390. The zero-order chi connectivity index (χ0) is 25.0. The first-order valence-electron chi connectivity index (χ1n) is 10.6. The van der Waals surface area contributed by atoms with E-state index in [2.05, 4.69) is 25.3 Å². The summed E-state index contributed by atoms with van der Waals surface area (Å²) in [5, 5.41) is 5.10. The number of carbonyl (C=O) groups excluding carboxylic acids is 3. The quantitative estimate of drug-likeness (QED) is 0.444. The first-order chi connectivity index (χ1) is 16.2. The molecule has 34 heavy (non-hydrogen) atoms. The Morgan fingerprint density at radius 2 is 1.88 bits per heavy atom. The third-order valence-corrected chi connectivity index (χ3v) is 5.12. The van der Waals surface area contributed by atoms with E-state index in [4.69, 9.17) is 0 Å². The van der Waals surface area contributed by atoms with Crippen LogP contribution in [0.4, 0.5) is 5.69 Å². The van der Waals surface area contributed by atoms with Crippen molar-refractivity contribution in [3.05, 3.63) is 68.0 Å². The van der Waals surface area contributed by atoms with Gasteiger partial charge in [0.25, 0.3) is 17.4 Å². The lowest BCUT2D eigenvalue weighted by Crippen LogP contribution is -2.32.